The van der Waals surface area contributed by atoms with E-state index in [9.17, 15) is 0 Å². The van der Waals surface area contributed by atoms with Crippen LogP contribution in [0.2, 0.25) is 0 Å². The van der Waals surface area contributed by atoms with E-state index in [-0.39, 0.29) is 0 Å². The molecule has 2 heteroatoms. The highest BCUT2D eigenvalue weighted by Gasteiger charge is 2.05. The zero-order chi connectivity index (χ0) is 9.52. The lowest BCUT2D eigenvalue weighted by Gasteiger charge is -2.09. The molecule has 1 rings (SSSR count). The van der Waals surface area contributed by atoms with Crippen LogP contribution in [0.15, 0.2) is 30.3 Å². The van der Waals surface area contributed by atoms with Gasteiger partial charge in [-0.2, -0.15) is 0 Å². The Labute approximate surface area is 88.2 Å². The number of rotatable bonds is 5. The summed E-state index contributed by atoms with van der Waals surface area (Å²) in [4.78, 5) is 0.417. The first-order valence-corrected chi connectivity index (χ1v) is 5.53. The Morgan fingerprint density at radius 3 is 2.62 bits per heavy atom. The largest absolute Gasteiger partial charge is 0.382 e. The standard InChI is InChI=1S/C11H15BrO/c1-2-13-9-8-11(12)10-6-4-3-5-7-10/h3-7,11H,2,8-9H2,1H3. The molecule has 0 heterocycles. The summed E-state index contributed by atoms with van der Waals surface area (Å²) in [7, 11) is 0. The second-order valence-corrected chi connectivity index (χ2v) is 3.97. The Kier molecular flexibility index (Phi) is 5.09. The van der Waals surface area contributed by atoms with Gasteiger partial charge in [0.05, 0.1) is 0 Å². The number of halogens is 1. The van der Waals surface area contributed by atoms with Crippen molar-refractivity contribution in [1.29, 1.82) is 0 Å². The van der Waals surface area contributed by atoms with E-state index in [1.165, 1.54) is 5.56 Å². The van der Waals surface area contributed by atoms with Gasteiger partial charge in [-0.1, -0.05) is 46.3 Å². The molecule has 0 amide bonds. The molecule has 1 atom stereocenters. The molecule has 0 fully saturated rings. The van der Waals surface area contributed by atoms with Crippen molar-refractivity contribution in [2.75, 3.05) is 13.2 Å². The highest BCUT2D eigenvalue weighted by molar-refractivity contribution is 9.09. The van der Waals surface area contributed by atoms with Gasteiger partial charge in [-0.15, -0.1) is 0 Å². The molecule has 0 N–H and O–H groups in total. The molecule has 1 unspecified atom stereocenters. The zero-order valence-corrected chi connectivity index (χ0v) is 9.46. The van der Waals surface area contributed by atoms with Gasteiger partial charge in [0.2, 0.25) is 0 Å². The lowest BCUT2D eigenvalue weighted by molar-refractivity contribution is 0.145. The highest BCUT2D eigenvalue weighted by Crippen LogP contribution is 2.25. The van der Waals surface area contributed by atoms with Crippen LogP contribution in [-0.2, 0) is 4.74 Å². The smallest absolute Gasteiger partial charge is 0.0479 e. The molecule has 0 saturated heterocycles. The van der Waals surface area contributed by atoms with Gasteiger partial charge >= 0.3 is 0 Å². The minimum absolute atomic E-state index is 0.417. The van der Waals surface area contributed by atoms with Gasteiger partial charge in [-0.05, 0) is 18.9 Å². The molecule has 0 aliphatic carbocycles. The second-order valence-electron chi connectivity index (χ2n) is 2.86. The van der Waals surface area contributed by atoms with Crippen LogP contribution < -0.4 is 0 Å². The number of hydrogen-bond acceptors (Lipinski definition) is 1. The van der Waals surface area contributed by atoms with Gasteiger partial charge in [0.1, 0.15) is 0 Å². The molecule has 0 spiro atoms. The summed E-state index contributed by atoms with van der Waals surface area (Å²) < 4.78 is 5.30. The van der Waals surface area contributed by atoms with Crippen molar-refractivity contribution in [3.8, 4) is 0 Å². The summed E-state index contributed by atoms with van der Waals surface area (Å²) >= 11 is 3.64. The van der Waals surface area contributed by atoms with E-state index in [0.717, 1.165) is 19.6 Å². The summed E-state index contributed by atoms with van der Waals surface area (Å²) in [5, 5.41) is 0. The maximum Gasteiger partial charge on any atom is 0.0479 e. The Morgan fingerprint density at radius 2 is 2.00 bits per heavy atom. The third kappa shape index (κ3) is 3.92. The Hall–Kier alpha value is -0.340. The summed E-state index contributed by atoms with van der Waals surface area (Å²) in [5.74, 6) is 0. The fourth-order valence-corrected chi connectivity index (χ4v) is 1.65. The van der Waals surface area contributed by atoms with Crippen LogP contribution in [0.3, 0.4) is 0 Å². The zero-order valence-electron chi connectivity index (χ0n) is 7.87. The predicted molar refractivity (Wildman–Crippen MR) is 59.2 cm³/mol. The molecule has 1 aromatic rings. The fraction of sp³-hybridized carbons (Fsp3) is 0.455. The van der Waals surface area contributed by atoms with E-state index in [2.05, 4.69) is 40.2 Å². The highest BCUT2D eigenvalue weighted by atomic mass is 79.9. The van der Waals surface area contributed by atoms with Crippen molar-refractivity contribution in [2.45, 2.75) is 18.2 Å². The molecule has 0 aromatic heterocycles. The first-order valence-electron chi connectivity index (χ1n) is 4.61. The third-order valence-electron chi connectivity index (χ3n) is 1.88. The van der Waals surface area contributed by atoms with Crippen molar-refractivity contribution in [2.24, 2.45) is 0 Å². The maximum atomic E-state index is 5.30. The number of ether oxygens (including phenoxy) is 1. The monoisotopic (exact) mass is 242 g/mol. The molecule has 72 valence electrons. The normalized spacial score (nSPS) is 12.8. The SMILES string of the molecule is CCOCCC(Br)c1ccccc1. The Bertz CT molecular complexity index is 223. The minimum atomic E-state index is 0.417. The van der Waals surface area contributed by atoms with Crippen molar-refractivity contribution in [3.63, 3.8) is 0 Å². The molecule has 1 aromatic carbocycles. The molecule has 0 radical (unpaired) electrons. The van der Waals surface area contributed by atoms with Gasteiger partial charge in [0.25, 0.3) is 0 Å². The van der Waals surface area contributed by atoms with E-state index in [4.69, 9.17) is 4.74 Å². The van der Waals surface area contributed by atoms with E-state index in [0.29, 0.717) is 4.83 Å². The van der Waals surface area contributed by atoms with Crippen LogP contribution in [0.4, 0.5) is 0 Å². The van der Waals surface area contributed by atoms with Crippen LogP contribution in [0.1, 0.15) is 23.7 Å². The molecular weight excluding hydrogens is 228 g/mol. The van der Waals surface area contributed by atoms with Gasteiger partial charge in [-0.25, -0.2) is 0 Å². The molecular formula is C11H15BrO. The van der Waals surface area contributed by atoms with Crippen molar-refractivity contribution >= 4 is 15.9 Å². The topological polar surface area (TPSA) is 9.23 Å². The number of benzene rings is 1. The first kappa shape index (κ1) is 10.7. The fourth-order valence-electron chi connectivity index (χ4n) is 1.16. The van der Waals surface area contributed by atoms with Crippen LogP contribution in [-0.4, -0.2) is 13.2 Å². The summed E-state index contributed by atoms with van der Waals surface area (Å²) in [6.07, 6.45) is 1.03. The predicted octanol–water partition coefficient (Wildman–Crippen LogP) is 3.55. The van der Waals surface area contributed by atoms with Gasteiger partial charge in [-0.3, -0.25) is 0 Å². The van der Waals surface area contributed by atoms with Gasteiger partial charge in [0, 0.05) is 18.0 Å². The average Bonchev–Trinajstić information content (AvgIpc) is 2.19. The summed E-state index contributed by atoms with van der Waals surface area (Å²) in [6, 6.07) is 10.4. The first-order chi connectivity index (χ1) is 6.34. The van der Waals surface area contributed by atoms with Gasteiger partial charge in [0.15, 0.2) is 0 Å². The molecule has 0 saturated carbocycles. The second kappa shape index (κ2) is 6.17. The van der Waals surface area contributed by atoms with E-state index in [1.807, 2.05) is 13.0 Å². The van der Waals surface area contributed by atoms with Crippen molar-refractivity contribution < 1.29 is 4.74 Å². The summed E-state index contributed by atoms with van der Waals surface area (Å²) in [6.45, 7) is 3.64. The number of alkyl halides is 1. The minimum Gasteiger partial charge on any atom is -0.382 e. The van der Waals surface area contributed by atoms with Crippen LogP contribution in [0, 0.1) is 0 Å². The lowest BCUT2D eigenvalue weighted by atomic mass is 10.1. The van der Waals surface area contributed by atoms with Crippen LogP contribution >= 0.6 is 15.9 Å². The van der Waals surface area contributed by atoms with Gasteiger partial charge < -0.3 is 4.74 Å². The molecule has 1 nitrogen and oxygen atoms in total. The molecule has 0 bridgehead atoms. The third-order valence-corrected chi connectivity index (χ3v) is 2.87. The van der Waals surface area contributed by atoms with E-state index < -0.39 is 0 Å². The Balaban J connectivity index is 2.35. The molecule has 0 aliphatic rings. The summed E-state index contributed by atoms with van der Waals surface area (Å²) in [5.41, 5.74) is 1.32. The quantitative estimate of drug-likeness (QED) is 0.567. The van der Waals surface area contributed by atoms with E-state index >= 15 is 0 Å². The molecule has 13 heavy (non-hydrogen) atoms. The van der Waals surface area contributed by atoms with Crippen LogP contribution in [0.25, 0.3) is 0 Å². The average molecular weight is 243 g/mol. The lowest BCUT2D eigenvalue weighted by Crippen LogP contribution is -1.98. The maximum absolute atomic E-state index is 5.30. The Morgan fingerprint density at radius 1 is 1.31 bits per heavy atom. The van der Waals surface area contributed by atoms with Crippen molar-refractivity contribution in [1.82, 2.24) is 0 Å². The number of hydrogen-bond donors (Lipinski definition) is 0. The van der Waals surface area contributed by atoms with Crippen LogP contribution in [0.5, 0.6) is 0 Å². The molecule has 0 aliphatic heterocycles. The van der Waals surface area contributed by atoms with E-state index in [1.54, 1.807) is 0 Å². The van der Waals surface area contributed by atoms with Crippen molar-refractivity contribution in [3.05, 3.63) is 35.9 Å².